The van der Waals surface area contributed by atoms with Crippen molar-refractivity contribution >= 4 is 17.7 Å². The Morgan fingerprint density at radius 3 is 2.79 bits per heavy atom. The van der Waals surface area contributed by atoms with E-state index in [4.69, 9.17) is 17.6 Å². The molecule has 2 amide bonds. The average molecular weight is 258 g/mol. The molecule has 0 bridgehead atoms. The Kier molecular flexibility index (Phi) is 4.95. The summed E-state index contributed by atoms with van der Waals surface area (Å²) in [5, 5.41) is 10.1. The van der Waals surface area contributed by atoms with Crippen molar-refractivity contribution in [3.8, 4) is 12.3 Å². The SMILES string of the molecule is C#CCNC(=O)N(C(=N)N)c1c(C)cccc1CC. The Balaban J connectivity index is 3.24. The van der Waals surface area contributed by atoms with E-state index in [9.17, 15) is 4.79 Å². The van der Waals surface area contributed by atoms with Crippen LogP contribution in [-0.4, -0.2) is 18.5 Å². The number of carbonyl (C=O) groups excluding carboxylic acids is 1. The largest absolute Gasteiger partial charge is 0.369 e. The lowest BCUT2D eigenvalue weighted by Crippen LogP contribution is -2.48. The molecule has 0 heterocycles. The normalized spacial score (nSPS) is 9.53. The molecule has 1 aromatic carbocycles. The fraction of sp³-hybridized carbons (Fsp3) is 0.286. The average Bonchev–Trinajstić information content (AvgIpc) is 2.38. The minimum atomic E-state index is -0.491. The van der Waals surface area contributed by atoms with Crippen molar-refractivity contribution < 1.29 is 4.79 Å². The third kappa shape index (κ3) is 3.26. The zero-order valence-corrected chi connectivity index (χ0v) is 11.2. The van der Waals surface area contributed by atoms with E-state index in [1.54, 1.807) is 0 Å². The van der Waals surface area contributed by atoms with Gasteiger partial charge in [0.15, 0.2) is 0 Å². The van der Waals surface area contributed by atoms with Crippen LogP contribution < -0.4 is 16.0 Å². The molecule has 0 aliphatic heterocycles. The van der Waals surface area contributed by atoms with Crippen molar-refractivity contribution in [3.63, 3.8) is 0 Å². The number of benzene rings is 1. The molecule has 0 atom stereocenters. The first kappa shape index (κ1) is 14.6. The highest BCUT2D eigenvalue weighted by Crippen LogP contribution is 2.25. The van der Waals surface area contributed by atoms with E-state index in [0.29, 0.717) is 5.69 Å². The van der Waals surface area contributed by atoms with Crippen molar-refractivity contribution in [2.45, 2.75) is 20.3 Å². The lowest BCUT2D eigenvalue weighted by atomic mass is 10.0. The van der Waals surface area contributed by atoms with Crippen LogP contribution >= 0.6 is 0 Å². The summed E-state index contributed by atoms with van der Waals surface area (Å²) >= 11 is 0. The Bertz CT molecular complexity index is 531. The smallest absolute Gasteiger partial charge is 0.329 e. The number of guanidine groups is 1. The van der Waals surface area contributed by atoms with Crippen LogP contribution in [0.3, 0.4) is 0 Å². The summed E-state index contributed by atoms with van der Waals surface area (Å²) in [5.41, 5.74) is 8.01. The van der Waals surface area contributed by atoms with Gasteiger partial charge in [0.05, 0.1) is 12.2 Å². The third-order valence-corrected chi connectivity index (χ3v) is 2.71. The number of anilines is 1. The number of rotatable bonds is 3. The van der Waals surface area contributed by atoms with Crippen molar-refractivity contribution in [3.05, 3.63) is 29.3 Å². The number of urea groups is 1. The van der Waals surface area contributed by atoms with Gasteiger partial charge in [-0.15, -0.1) is 6.42 Å². The number of nitrogens with two attached hydrogens (primary N) is 1. The Morgan fingerprint density at radius 1 is 1.58 bits per heavy atom. The van der Waals surface area contributed by atoms with E-state index in [2.05, 4.69) is 11.2 Å². The highest BCUT2D eigenvalue weighted by molar-refractivity contribution is 6.14. The number of nitrogens with one attached hydrogen (secondary N) is 2. The van der Waals surface area contributed by atoms with Gasteiger partial charge >= 0.3 is 6.03 Å². The Morgan fingerprint density at radius 2 is 2.26 bits per heavy atom. The van der Waals surface area contributed by atoms with Gasteiger partial charge in [-0.2, -0.15) is 0 Å². The summed E-state index contributed by atoms with van der Waals surface area (Å²) in [6.45, 7) is 3.95. The van der Waals surface area contributed by atoms with Gasteiger partial charge in [0, 0.05) is 0 Å². The van der Waals surface area contributed by atoms with E-state index in [-0.39, 0.29) is 12.5 Å². The molecule has 5 heteroatoms. The molecule has 19 heavy (non-hydrogen) atoms. The van der Waals surface area contributed by atoms with Gasteiger partial charge in [-0.25, -0.2) is 9.69 Å². The molecule has 0 aliphatic carbocycles. The Labute approximate surface area is 113 Å². The monoisotopic (exact) mass is 258 g/mol. The molecule has 0 saturated heterocycles. The topological polar surface area (TPSA) is 82.2 Å². The second-order valence-corrected chi connectivity index (χ2v) is 4.02. The predicted octanol–water partition coefficient (Wildman–Crippen LogP) is 1.60. The molecule has 0 spiro atoms. The van der Waals surface area contributed by atoms with Crippen LogP contribution in [-0.2, 0) is 6.42 Å². The fourth-order valence-electron chi connectivity index (χ4n) is 1.86. The van der Waals surface area contributed by atoms with Crippen LogP contribution in [0.15, 0.2) is 18.2 Å². The second kappa shape index (κ2) is 6.45. The highest BCUT2D eigenvalue weighted by Gasteiger charge is 2.22. The van der Waals surface area contributed by atoms with Crippen LogP contribution in [0.2, 0.25) is 0 Å². The van der Waals surface area contributed by atoms with E-state index < -0.39 is 6.03 Å². The molecule has 0 saturated carbocycles. The molecule has 1 aromatic rings. The van der Waals surface area contributed by atoms with E-state index in [1.165, 1.54) is 0 Å². The number of terminal acetylenes is 1. The maximum Gasteiger partial charge on any atom is 0.329 e. The number of hydrogen-bond acceptors (Lipinski definition) is 2. The summed E-state index contributed by atoms with van der Waals surface area (Å²) in [6.07, 6.45) is 5.85. The molecule has 0 unspecified atom stereocenters. The first-order valence-corrected chi connectivity index (χ1v) is 5.96. The first-order valence-electron chi connectivity index (χ1n) is 5.96. The molecule has 100 valence electrons. The molecule has 0 radical (unpaired) electrons. The molecule has 0 fully saturated rings. The number of para-hydroxylation sites is 1. The van der Waals surface area contributed by atoms with Gasteiger partial charge in [0.2, 0.25) is 5.96 Å². The lowest BCUT2D eigenvalue weighted by Gasteiger charge is -2.25. The number of hydrogen-bond donors (Lipinski definition) is 3. The maximum atomic E-state index is 12.1. The standard InChI is InChI=1S/C14H18N4O/c1-4-9-17-14(19)18(13(15)16)12-10(3)7-6-8-11(12)5-2/h1,6-8H,5,9H2,2-3H3,(H3,15,16)(H,17,19). The molecular formula is C14H18N4O. The van der Waals surface area contributed by atoms with E-state index >= 15 is 0 Å². The Hall–Kier alpha value is -2.48. The second-order valence-electron chi connectivity index (χ2n) is 4.02. The van der Waals surface area contributed by atoms with E-state index in [0.717, 1.165) is 22.4 Å². The van der Waals surface area contributed by atoms with Crippen LogP contribution in [0, 0.1) is 24.7 Å². The lowest BCUT2D eigenvalue weighted by molar-refractivity contribution is 0.250. The van der Waals surface area contributed by atoms with Gasteiger partial charge in [-0.3, -0.25) is 5.41 Å². The van der Waals surface area contributed by atoms with Crippen molar-refractivity contribution in [2.24, 2.45) is 5.73 Å². The quantitative estimate of drug-likeness (QED) is 0.437. The van der Waals surface area contributed by atoms with Crippen molar-refractivity contribution in [2.75, 3.05) is 11.4 Å². The molecule has 0 aromatic heterocycles. The third-order valence-electron chi connectivity index (χ3n) is 2.71. The van der Waals surface area contributed by atoms with Crippen molar-refractivity contribution in [1.29, 1.82) is 5.41 Å². The minimum Gasteiger partial charge on any atom is -0.369 e. The molecule has 0 aliphatic rings. The number of amides is 2. The van der Waals surface area contributed by atoms with Gasteiger partial charge in [-0.1, -0.05) is 31.0 Å². The van der Waals surface area contributed by atoms with Crippen LogP contribution in [0.5, 0.6) is 0 Å². The number of carbonyl (C=O) groups is 1. The van der Waals surface area contributed by atoms with Gasteiger partial charge < -0.3 is 11.1 Å². The molecule has 5 nitrogen and oxygen atoms in total. The van der Waals surface area contributed by atoms with Crippen LogP contribution in [0.25, 0.3) is 0 Å². The fourth-order valence-corrected chi connectivity index (χ4v) is 1.86. The van der Waals surface area contributed by atoms with Gasteiger partial charge in [0.25, 0.3) is 0 Å². The zero-order chi connectivity index (χ0) is 14.4. The predicted molar refractivity (Wildman–Crippen MR) is 77.2 cm³/mol. The van der Waals surface area contributed by atoms with E-state index in [1.807, 2.05) is 32.0 Å². The zero-order valence-electron chi connectivity index (χ0n) is 11.2. The van der Waals surface area contributed by atoms with Gasteiger partial charge in [-0.05, 0) is 24.5 Å². The summed E-state index contributed by atoms with van der Waals surface area (Å²) < 4.78 is 0. The molecular weight excluding hydrogens is 240 g/mol. The number of nitrogens with zero attached hydrogens (tertiary/aromatic N) is 1. The summed E-state index contributed by atoms with van der Waals surface area (Å²) in [5.74, 6) is 1.98. The minimum absolute atomic E-state index is 0.0932. The summed E-state index contributed by atoms with van der Waals surface area (Å²) in [4.78, 5) is 13.2. The van der Waals surface area contributed by atoms with Crippen LogP contribution in [0.1, 0.15) is 18.1 Å². The summed E-state index contributed by atoms with van der Waals surface area (Å²) in [7, 11) is 0. The maximum absolute atomic E-state index is 12.1. The van der Waals surface area contributed by atoms with Gasteiger partial charge in [0.1, 0.15) is 0 Å². The highest BCUT2D eigenvalue weighted by atomic mass is 16.2. The van der Waals surface area contributed by atoms with Crippen molar-refractivity contribution in [1.82, 2.24) is 5.32 Å². The molecule has 4 N–H and O–H groups in total. The van der Waals surface area contributed by atoms with Crippen LogP contribution in [0.4, 0.5) is 10.5 Å². The summed E-state index contributed by atoms with van der Waals surface area (Å²) in [6, 6.07) is 5.20. The number of aryl methyl sites for hydroxylation is 2. The first-order chi connectivity index (χ1) is 9.02. The molecule has 1 rings (SSSR count).